The second-order valence-corrected chi connectivity index (χ2v) is 7.86. The summed E-state index contributed by atoms with van der Waals surface area (Å²) < 4.78 is 2.10. The van der Waals surface area contributed by atoms with Gasteiger partial charge < -0.3 is 4.57 Å². The number of rotatable bonds is 6. The van der Waals surface area contributed by atoms with E-state index in [2.05, 4.69) is 26.9 Å². The molecule has 0 unspecified atom stereocenters. The molecule has 2 fully saturated rings. The number of thioether (sulfide) groups is 1. The fraction of sp³-hybridized carbons (Fsp3) is 0.526. The van der Waals surface area contributed by atoms with Gasteiger partial charge in [0.2, 0.25) is 0 Å². The summed E-state index contributed by atoms with van der Waals surface area (Å²) in [4.78, 5) is 12.4. The third kappa shape index (κ3) is 3.56. The molecule has 5 heteroatoms. The molecule has 0 saturated heterocycles. The van der Waals surface area contributed by atoms with Crippen LogP contribution in [0.15, 0.2) is 35.7 Å². The molecule has 4 nitrogen and oxygen atoms in total. The minimum Gasteiger partial charge on any atom is -0.306 e. The SMILES string of the molecule is O=C(CSc1nncn1C1CC1)c1ccc(C2CCCCC2)cc1. The van der Waals surface area contributed by atoms with Crippen molar-refractivity contribution in [2.45, 2.75) is 62.1 Å². The van der Waals surface area contributed by atoms with Crippen molar-refractivity contribution in [3.63, 3.8) is 0 Å². The van der Waals surface area contributed by atoms with Crippen molar-refractivity contribution in [1.82, 2.24) is 14.8 Å². The van der Waals surface area contributed by atoms with Crippen LogP contribution < -0.4 is 0 Å². The molecule has 1 aromatic carbocycles. The lowest BCUT2D eigenvalue weighted by molar-refractivity contribution is 0.102. The number of ketones is 1. The molecule has 2 aliphatic rings. The summed E-state index contributed by atoms with van der Waals surface area (Å²) in [5.74, 6) is 1.28. The van der Waals surface area contributed by atoms with E-state index in [4.69, 9.17) is 0 Å². The van der Waals surface area contributed by atoms with E-state index < -0.39 is 0 Å². The van der Waals surface area contributed by atoms with Crippen LogP contribution in [-0.4, -0.2) is 26.3 Å². The van der Waals surface area contributed by atoms with E-state index in [1.54, 1.807) is 6.33 Å². The summed E-state index contributed by atoms with van der Waals surface area (Å²) in [6, 6.07) is 8.85. The van der Waals surface area contributed by atoms with Crippen LogP contribution in [0.5, 0.6) is 0 Å². The molecule has 0 amide bonds. The molecular weight excluding hydrogens is 318 g/mol. The van der Waals surface area contributed by atoms with E-state index in [1.165, 1.54) is 62.3 Å². The van der Waals surface area contributed by atoms with Gasteiger partial charge in [0.25, 0.3) is 0 Å². The van der Waals surface area contributed by atoms with Crippen LogP contribution in [0.4, 0.5) is 0 Å². The van der Waals surface area contributed by atoms with Crippen molar-refractivity contribution in [1.29, 1.82) is 0 Å². The molecule has 0 aliphatic heterocycles. The first-order valence-electron chi connectivity index (χ1n) is 8.97. The first-order valence-corrected chi connectivity index (χ1v) is 9.95. The zero-order valence-corrected chi connectivity index (χ0v) is 14.7. The van der Waals surface area contributed by atoms with Crippen LogP contribution in [0.3, 0.4) is 0 Å². The Kier molecular flexibility index (Phi) is 4.69. The Morgan fingerprint density at radius 1 is 1.08 bits per heavy atom. The van der Waals surface area contributed by atoms with E-state index in [0.717, 1.165) is 10.7 Å². The zero-order valence-electron chi connectivity index (χ0n) is 13.9. The van der Waals surface area contributed by atoms with Gasteiger partial charge in [0.05, 0.1) is 5.75 Å². The Bertz CT molecular complexity index is 700. The predicted molar refractivity (Wildman–Crippen MR) is 95.6 cm³/mol. The summed E-state index contributed by atoms with van der Waals surface area (Å²) in [5, 5.41) is 8.99. The third-order valence-corrected chi connectivity index (χ3v) is 6.08. The molecule has 0 spiro atoms. The highest BCUT2D eigenvalue weighted by atomic mass is 32.2. The van der Waals surface area contributed by atoms with Gasteiger partial charge in [-0.15, -0.1) is 10.2 Å². The van der Waals surface area contributed by atoms with Crippen molar-refractivity contribution in [2.24, 2.45) is 0 Å². The van der Waals surface area contributed by atoms with E-state index in [1.807, 2.05) is 12.1 Å². The monoisotopic (exact) mass is 341 g/mol. The lowest BCUT2D eigenvalue weighted by atomic mass is 9.84. The minimum absolute atomic E-state index is 0.167. The zero-order chi connectivity index (χ0) is 16.4. The molecule has 126 valence electrons. The average Bonchev–Trinajstić information content (AvgIpc) is 3.38. The number of benzene rings is 1. The normalized spacial score (nSPS) is 18.7. The summed E-state index contributed by atoms with van der Waals surface area (Å²) in [5.41, 5.74) is 2.20. The Morgan fingerprint density at radius 3 is 2.54 bits per heavy atom. The first kappa shape index (κ1) is 15.9. The number of nitrogens with zero attached hydrogens (tertiary/aromatic N) is 3. The summed E-state index contributed by atoms with van der Waals surface area (Å²) in [7, 11) is 0. The van der Waals surface area contributed by atoms with Gasteiger partial charge in [-0.25, -0.2) is 0 Å². The maximum Gasteiger partial charge on any atom is 0.191 e. The smallest absolute Gasteiger partial charge is 0.191 e. The standard InChI is InChI=1S/C19H23N3OS/c23-18(12-24-19-21-20-13-22(19)17-10-11-17)16-8-6-15(7-9-16)14-4-2-1-3-5-14/h6-9,13-14,17H,1-5,10-12H2. The molecule has 1 aromatic heterocycles. The second kappa shape index (κ2) is 7.09. The molecule has 0 atom stereocenters. The molecular formula is C19H23N3OS. The summed E-state index contributed by atoms with van der Waals surface area (Å²) in [6.07, 6.45) is 10.8. The van der Waals surface area contributed by atoms with Crippen LogP contribution in [0, 0.1) is 0 Å². The van der Waals surface area contributed by atoms with Crippen molar-refractivity contribution >= 4 is 17.5 Å². The fourth-order valence-corrected chi connectivity index (χ4v) is 4.41. The second-order valence-electron chi connectivity index (χ2n) is 6.92. The van der Waals surface area contributed by atoms with Gasteiger partial charge in [0.15, 0.2) is 10.9 Å². The molecule has 2 aromatic rings. The van der Waals surface area contributed by atoms with Crippen LogP contribution >= 0.6 is 11.8 Å². The molecule has 2 saturated carbocycles. The van der Waals surface area contributed by atoms with E-state index in [0.29, 0.717) is 17.7 Å². The van der Waals surface area contributed by atoms with E-state index in [-0.39, 0.29) is 5.78 Å². The van der Waals surface area contributed by atoms with Crippen molar-refractivity contribution < 1.29 is 4.79 Å². The Labute approximate surface area is 147 Å². The number of carbonyl (C=O) groups is 1. The van der Waals surface area contributed by atoms with Crippen molar-refractivity contribution in [3.8, 4) is 0 Å². The van der Waals surface area contributed by atoms with Gasteiger partial charge in [-0.2, -0.15) is 0 Å². The minimum atomic E-state index is 0.167. The number of hydrogen-bond acceptors (Lipinski definition) is 4. The van der Waals surface area contributed by atoms with Crippen LogP contribution in [0.1, 0.15) is 72.8 Å². The largest absolute Gasteiger partial charge is 0.306 e. The number of aromatic nitrogens is 3. The molecule has 2 aliphatic carbocycles. The Morgan fingerprint density at radius 2 is 1.83 bits per heavy atom. The van der Waals surface area contributed by atoms with Gasteiger partial charge in [-0.1, -0.05) is 55.3 Å². The van der Waals surface area contributed by atoms with Gasteiger partial charge in [-0.3, -0.25) is 4.79 Å². The van der Waals surface area contributed by atoms with Crippen LogP contribution in [0.2, 0.25) is 0 Å². The lowest BCUT2D eigenvalue weighted by Gasteiger charge is -2.22. The molecule has 0 N–H and O–H groups in total. The maximum atomic E-state index is 12.4. The van der Waals surface area contributed by atoms with E-state index in [9.17, 15) is 4.79 Å². The lowest BCUT2D eigenvalue weighted by Crippen LogP contribution is -2.07. The van der Waals surface area contributed by atoms with Crippen molar-refractivity contribution in [2.75, 3.05) is 5.75 Å². The average molecular weight is 341 g/mol. The molecule has 1 heterocycles. The number of Topliss-reactive ketones (excluding diaryl/α,β-unsaturated/α-hetero) is 1. The van der Waals surface area contributed by atoms with Gasteiger partial charge >= 0.3 is 0 Å². The highest BCUT2D eigenvalue weighted by molar-refractivity contribution is 7.99. The predicted octanol–water partition coefficient (Wildman–Crippen LogP) is 4.64. The summed E-state index contributed by atoms with van der Waals surface area (Å²) >= 11 is 1.50. The quantitative estimate of drug-likeness (QED) is 0.567. The van der Waals surface area contributed by atoms with Gasteiger partial charge in [0, 0.05) is 11.6 Å². The molecule has 24 heavy (non-hydrogen) atoms. The molecule has 0 radical (unpaired) electrons. The Hall–Kier alpha value is -1.62. The van der Waals surface area contributed by atoms with Crippen molar-refractivity contribution in [3.05, 3.63) is 41.7 Å². The highest BCUT2D eigenvalue weighted by Gasteiger charge is 2.26. The maximum absolute atomic E-state index is 12.4. The van der Waals surface area contributed by atoms with Crippen LogP contribution in [-0.2, 0) is 0 Å². The number of carbonyl (C=O) groups excluding carboxylic acids is 1. The topological polar surface area (TPSA) is 47.8 Å². The summed E-state index contributed by atoms with van der Waals surface area (Å²) in [6.45, 7) is 0. The fourth-order valence-electron chi connectivity index (χ4n) is 3.53. The first-order chi connectivity index (χ1) is 11.8. The Balaban J connectivity index is 1.36. The van der Waals surface area contributed by atoms with Crippen LogP contribution in [0.25, 0.3) is 0 Å². The molecule has 4 rings (SSSR count). The van der Waals surface area contributed by atoms with Gasteiger partial charge in [0.1, 0.15) is 6.33 Å². The van der Waals surface area contributed by atoms with E-state index >= 15 is 0 Å². The third-order valence-electron chi connectivity index (χ3n) is 5.12. The molecule has 0 bridgehead atoms. The van der Waals surface area contributed by atoms with Gasteiger partial charge in [-0.05, 0) is 37.2 Å². The highest BCUT2D eigenvalue weighted by Crippen LogP contribution is 2.37. The number of hydrogen-bond donors (Lipinski definition) is 0.